The first-order valence-corrected chi connectivity index (χ1v) is 5.07. The molecule has 0 spiro atoms. The number of benzene rings is 1. The van der Waals surface area contributed by atoms with Gasteiger partial charge in [0.25, 0.3) is 0 Å². The van der Waals surface area contributed by atoms with Gasteiger partial charge in [0.2, 0.25) is 0 Å². The summed E-state index contributed by atoms with van der Waals surface area (Å²) in [5.41, 5.74) is 1.42. The molecule has 0 radical (unpaired) electrons. The maximum absolute atomic E-state index is 13.6. The van der Waals surface area contributed by atoms with Crippen LogP contribution in [0.25, 0.3) is 10.9 Å². The minimum absolute atomic E-state index is 0.00128. The number of H-pyrrole nitrogens is 1. The molecular formula is C12H12FNO2. The van der Waals surface area contributed by atoms with Crippen LogP contribution in [0.1, 0.15) is 24.8 Å². The van der Waals surface area contributed by atoms with Gasteiger partial charge in [0.1, 0.15) is 5.82 Å². The first kappa shape index (κ1) is 10.7. The van der Waals surface area contributed by atoms with Crippen molar-refractivity contribution in [1.29, 1.82) is 0 Å². The van der Waals surface area contributed by atoms with E-state index in [0.29, 0.717) is 10.9 Å². The van der Waals surface area contributed by atoms with Crippen molar-refractivity contribution in [3.8, 4) is 0 Å². The van der Waals surface area contributed by atoms with Crippen molar-refractivity contribution in [3.05, 3.63) is 35.8 Å². The molecule has 1 atom stereocenters. The Morgan fingerprint density at radius 1 is 1.56 bits per heavy atom. The van der Waals surface area contributed by atoms with Gasteiger partial charge in [-0.15, -0.1) is 0 Å². The van der Waals surface area contributed by atoms with Crippen molar-refractivity contribution in [2.24, 2.45) is 0 Å². The molecule has 0 aliphatic carbocycles. The summed E-state index contributed by atoms with van der Waals surface area (Å²) in [6.07, 6.45) is 1.68. The van der Waals surface area contributed by atoms with E-state index in [0.717, 1.165) is 5.56 Å². The molecule has 0 amide bonds. The zero-order valence-corrected chi connectivity index (χ0v) is 8.83. The van der Waals surface area contributed by atoms with Gasteiger partial charge in [-0.05, 0) is 23.6 Å². The molecule has 0 saturated heterocycles. The normalized spacial score (nSPS) is 12.9. The predicted molar refractivity (Wildman–Crippen MR) is 58.9 cm³/mol. The second kappa shape index (κ2) is 3.96. The van der Waals surface area contributed by atoms with Crippen LogP contribution in [0.15, 0.2) is 24.4 Å². The summed E-state index contributed by atoms with van der Waals surface area (Å²) < 4.78 is 13.6. The van der Waals surface area contributed by atoms with Crippen LogP contribution in [0, 0.1) is 5.82 Å². The molecule has 3 nitrogen and oxygen atoms in total. The molecule has 16 heavy (non-hydrogen) atoms. The van der Waals surface area contributed by atoms with E-state index >= 15 is 0 Å². The molecule has 0 aliphatic heterocycles. The fraction of sp³-hybridized carbons (Fsp3) is 0.250. The number of halogens is 1. The van der Waals surface area contributed by atoms with Crippen LogP contribution >= 0.6 is 0 Å². The van der Waals surface area contributed by atoms with Gasteiger partial charge in [-0.1, -0.05) is 13.0 Å². The number of hydrogen-bond donors (Lipinski definition) is 2. The number of carboxylic acids is 1. The highest BCUT2D eigenvalue weighted by atomic mass is 19.1. The van der Waals surface area contributed by atoms with Gasteiger partial charge in [0.15, 0.2) is 0 Å². The Morgan fingerprint density at radius 2 is 2.31 bits per heavy atom. The maximum Gasteiger partial charge on any atom is 0.303 e. The third kappa shape index (κ3) is 1.78. The number of aromatic nitrogens is 1. The minimum atomic E-state index is -0.877. The second-order valence-corrected chi connectivity index (χ2v) is 3.91. The van der Waals surface area contributed by atoms with Crippen LogP contribution < -0.4 is 0 Å². The van der Waals surface area contributed by atoms with E-state index in [4.69, 9.17) is 5.11 Å². The average Bonchev–Trinajstić information content (AvgIpc) is 2.61. The Hall–Kier alpha value is -1.84. The summed E-state index contributed by atoms with van der Waals surface area (Å²) >= 11 is 0. The van der Waals surface area contributed by atoms with Crippen LogP contribution in [-0.4, -0.2) is 16.1 Å². The lowest BCUT2D eigenvalue weighted by molar-refractivity contribution is -0.137. The number of hydrogen-bond acceptors (Lipinski definition) is 1. The maximum atomic E-state index is 13.6. The lowest BCUT2D eigenvalue weighted by atomic mass is 9.97. The van der Waals surface area contributed by atoms with Gasteiger partial charge in [0.05, 0.1) is 6.42 Å². The third-order valence-corrected chi connectivity index (χ3v) is 2.70. The summed E-state index contributed by atoms with van der Waals surface area (Å²) in [4.78, 5) is 13.6. The van der Waals surface area contributed by atoms with Gasteiger partial charge in [-0.25, -0.2) is 4.39 Å². The van der Waals surface area contributed by atoms with Crippen LogP contribution in [0.2, 0.25) is 0 Å². The fourth-order valence-electron chi connectivity index (χ4n) is 1.93. The zero-order chi connectivity index (χ0) is 11.7. The fourth-order valence-corrected chi connectivity index (χ4v) is 1.93. The molecule has 2 aromatic rings. The third-order valence-electron chi connectivity index (χ3n) is 2.70. The first-order chi connectivity index (χ1) is 7.59. The molecule has 0 fully saturated rings. The number of nitrogens with one attached hydrogen (secondary N) is 1. The molecule has 1 aromatic carbocycles. The van der Waals surface area contributed by atoms with Gasteiger partial charge in [-0.2, -0.15) is 0 Å². The summed E-state index contributed by atoms with van der Waals surface area (Å²) in [6, 6.07) is 4.78. The Morgan fingerprint density at radius 3 is 3.00 bits per heavy atom. The van der Waals surface area contributed by atoms with Gasteiger partial charge in [-0.3, -0.25) is 4.79 Å². The Balaban J connectivity index is 2.48. The quantitative estimate of drug-likeness (QED) is 0.837. The molecular weight excluding hydrogens is 209 g/mol. The summed E-state index contributed by atoms with van der Waals surface area (Å²) in [5.74, 6) is -1.40. The number of fused-ring (bicyclic) bond motifs is 1. The zero-order valence-electron chi connectivity index (χ0n) is 8.83. The smallest absolute Gasteiger partial charge is 0.303 e. The SMILES string of the molecule is CC(CC(=O)O)c1c[nH]c2cccc(F)c12. The highest BCUT2D eigenvalue weighted by Gasteiger charge is 2.16. The molecule has 1 unspecified atom stereocenters. The number of carbonyl (C=O) groups is 1. The standard InChI is InChI=1S/C12H12FNO2/c1-7(5-11(15)16)8-6-14-10-4-2-3-9(13)12(8)10/h2-4,6-7,14H,5H2,1H3,(H,15,16). The van der Waals surface area contributed by atoms with Crippen molar-refractivity contribution in [2.75, 3.05) is 0 Å². The Bertz CT molecular complexity index is 533. The van der Waals surface area contributed by atoms with Crippen molar-refractivity contribution in [2.45, 2.75) is 19.3 Å². The van der Waals surface area contributed by atoms with Crippen LogP contribution in [0.4, 0.5) is 4.39 Å². The first-order valence-electron chi connectivity index (χ1n) is 5.07. The molecule has 84 valence electrons. The summed E-state index contributed by atoms with van der Waals surface area (Å²) in [5, 5.41) is 9.22. The average molecular weight is 221 g/mol. The molecule has 2 rings (SSSR count). The number of aliphatic carboxylic acids is 1. The lowest BCUT2D eigenvalue weighted by Gasteiger charge is -2.07. The van der Waals surface area contributed by atoms with Crippen molar-refractivity contribution >= 4 is 16.9 Å². The number of rotatable bonds is 3. The summed E-state index contributed by atoms with van der Waals surface area (Å²) in [7, 11) is 0. The van der Waals surface area contributed by atoms with Gasteiger partial charge < -0.3 is 10.1 Å². The molecule has 0 saturated carbocycles. The number of carboxylic acid groups (broad SMARTS) is 1. The van der Waals surface area contributed by atoms with E-state index in [1.165, 1.54) is 6.07 Å². The molecule has 4 heteroatoms. The molecule has 0 bridgehead atoms. The molecule has 1 heterocycles. The predicted octanol–water partition coefficient (Wildman–Crippen LogP) is 2.89. The molecule has 0 aliphatic rings. The monoisotopic (exact) mass is 221 g/mol. The summed E-state index contributed by atoms with van der Waals surface area (Å²) in [6.45, 7) is 1.78. The Kier molecular flexibility index (Phi) is 2.64. The van der Waals surface area contributed by atoms with Crippen LogP contribution in [-0.2, 0) is 4.79 Å². The molecule has 1 aromatic heterocycles. The van der Waals surface area contributed by atoms with E-state index in [-0.39, 0.29) is 18.2 Å². The van der Waals surface area contributed by atoms with E-state index in [1.54, 1.807) is 25.3 Å². The van der Waals surface area contributed by atoms with Gasteiger partial charge in [0, 0.05) is 17.1 Å². The highest BCUT2D eigenvalue weighted by molar-refractivity contribution is 5.85. The van der Waals surface area contributed by atoms with E-state index in [9.17, 15) is 9.18 Å². The minimum Gasteiger partial charge on any atom is -0.481 e. The lowest BCUT2D eigenvalue weighted by Crippen LogP contribution is -2.02. The van der Waals surface area contributed by atoms with Crippen LogP contribution in [0.5, 0.6) is 0 Å². The molecule has 2 N–H and O–H groups in total. The number of aromatic amines is 1. The van der Waals surface area contributed by atoms with Crippen LogP contribution in [0.3, 0.4) is 0 Å². The highest BCUT2D eigenvalue weighted by Crippen LogP contribution is 2.29. The Labute approximate surface area is 91.9 Å². The van der Waals surface area contributed by atoms with Crippen molar-refractivity contribution in [3.63, 3.8) is 0 Å². The van der Waals surface area contributed by atoms with Crippen molar-refractivity contribution < 1.29 is 14.3 Å². The second-order valence-electron chi connectivity index (χ2n) is 3.91. The van der Waals surface area contributed by atoms with E-state index in [1.807, 2.05) is 0 Å². The van der Waals surface area contributed by atoms with Gasteiger partial charge >= 0.3 is 5.97 Å². The van der Waals surface area contributed by atoms with Crippen molar-refractivity contribution in [1.82, 2.24) is 4.98 Å². The topological polar surface area (TPSA) is 53.1 Å². The largest absolute Gasteiger partial charge is 0.481 e. The van der Waals surface area contributed by atoms with E-state index in [2.05, 4.69) is 4.98 Å². The van der Waals surface area contributed by atoms with E-state index < -0.39 is 5.97 Å².